The van der Waals surface area contributed by atoms with Gasteiger partial charge in [-0.05, 0) is 36.9 Å². The summed E-state index contributed by atoms with van der Waals surface area (Å²) in [5.41, 5.74) is 3.82. The molecule has 0 spiro atoms. The number of carbonyl (C=O) groups is 3. The molecule has 6 N–H and O–H groups in total. The molecule has 0 fully saturated rings. The van der Waals surface area contributed by atoms with Crippen molar-refractivity contribution in [3.63, 3.8) is 0 Å². The number of methoxy groups -OCH3 is 1. The van der Waals surface area contributed by atoms with Crippen molar-refractivity contribution in [1.82, 2.24) is 4.90 Å². The van der Waals surface area contributed by atoms with E-state index in [1.165, 1.54) is 18.7 Å². The number of ketones is 2. The van der Waals surface area contributed by atoms with Crippen LogP contribution in [0.15, 0.2) is 59.1 Å². The van der Waals surface area contributed by atoms with Crippen molar-refractivity contribution < 1.29 is 39.5 Å². The van der Waals surface area contributed by atoms with Gasteiger partial charge in [-0.3, -0.25) is 19.3 Å². The predicted molar refractivity (Wildman–Crippen MR) is 158 cm³/mol. The van der Waals surface area contributed by atoms with Crippen LogP contribution in [0.1, 0.15) is 60.7 Å². The Kier molecular flexibility index (Phi) is 7.64. The lowest BCUT2D eigenvalue weighted by Crippen LogP contribution is -2.57. The van der Waals surface area contributed by atoms with E-state index < -0.39 is 52.0 Å². The van der Waals surface area contributed by atoms with Gasteiger partial charge in [0.2, 0.25) is 5.78 Å². The van der Waals surface area contributed by atoms with Crippen molar-refractivity contribution in [2.75, 3.05) is 20.2 Å². The number of allylic oxidation sites excluding steroid dienone is 2. The third-order valence-corrected chi connectivity index (χ3v) is 9.31. The van der Waals surface area contributed by atoms with E-state index in [2.05, 4.69) is 37.8 Å². The van der Waals surface area contributed by atoms with Crippen LogP contribution in [0.4, 0.5) is 0 Å². The SMILES string of the molecule is CCN(Cc1cc(O)c2c(c1OC)CC1C[C@H]3CC(O)=C(C(N)=O)C(=O)[C@@]3(O)C(O)=C1C2=O)CC(C)(C)c1ccccc1. The fraction of sp³-hybridized carbons (Fsp3) is 0.424. The minimum atomic E-state index is -2.59. The van der Waals surface area contributed by atoms with Crippen LogP contribution in [-0.4, -0.2) is 68.6 Å². The number of hydrogen-bond donors (Lipinski definition) is 5. The number of nitrogens with two attached hydrogens (primary N) is 1. The second-order valence-electron chi connectivity index (χ2n) is 12.4. The van der Waals surface area contributed by atoms with Crippen molar-refractivity contribution in [2.24, 2.45) is 17.6 Å². The van der Waals surface area contributed by atoms with Gasteiger partial charge in [-0.25, -0.2) is 0 Å². The molecular weight excluding hydrogens is 552 g/mol. The van der Waals surface area contributed by atoms with Crippen molar-refractivity contribution in [1.29, 1.82) is 0 Å². The van der Waals surface area contributed by atoms with E-state index in [9.17, 15) is 34.8 Å². The highest BCUT2D eigenvalue weighted by Crippen LogP contribution is 2.52. The van der Waals surface area contributed by atoms with E-state index in [-0.39, 0.29) is 41.6 Å². The number of aliphatic hydroxyl groups is 3. The summed E-state index contributed by atoms with van der Waals surface area (Å²) in [4.78, 5) is 41.1. The first-order valence-corrected chi connectivity index (χ1v) is 14.4. The lowest BCUT2D eigenvalue weighted by molar-refractivity contribution is -0.144. The highest BCUT2D eigenvalue weighted by atomic mass is 16.5. The van der Waals surface area contributed by atoms with Crippen LogP contribution >= 0.6 is 0 Å². The summed E-state index contributed by atoms with van der Waals surface area (Å²) in [6, 6.07) is 11.7. The zero-order chi connectivity index (χ0) is 31.4. The minimum absolute atomic E-state index is 0.0589. The topological polar surface area (TPSA) is 171 Å². The van der Waals surface area contributed by atoms with Gasteiger partial charge < -0.3 is 30.9 Å². The average molecular weight is 591 g/mol. The predicted octanol–water partition coefficient (Wildman–Crippen LogP) is 3.39. The molecule has 0 saturated heterocycles. The Labute approximate surface area is 250 Å². The molecular formula is C33H38N2O8. The summed E-state index contributed by atoms with van der Waals surface area (Å²) in [5, 5.41) is 44.2. The summed E-state index contributed by atoms with van der Waals surface area (Å²) in [5.74, 6) is -6.12. The Balaban J connectivity index is 1.53. The molecule has 3 aliphatic rings. The van der Waals surface area contributed by atoms with Gasteiger partial charge in [0.05, 0.1) is 12.7 Å². The maximum Gasteiger partial charge on any atom is 0.255 e. The van der Waals surface area contributed by atoms with Crippen LogP contribution in [0.2, 0.25) is 0 Å². The van der Waals surface area contributed by atoms with Gasteiger partial charge in [-0.15, -0.1) is 0 Å². The Hall–Kier alpha value is -4.15. The number of rotatable bonds is 8. The van der Waals surface area contributed by atoms with Gasteiger partial charge in [0, 0.05) is 47.5 Å². The van der Waals surface area contributed by atoms with E-state index in [1.807, 2.05) is 18.2 Å². The van der Waals surface area contributed by atoms with Crippen molar-refractivity contribution in [2.45, 2.75) is 57.6 Å². The summed E-state index contributed by atoms with van der Waals surface area (Å²) >= 11 is 0. The number of likely N-dealkylation sites (N-methyl/N-ethyl adjacent to an activating group) is 1. The fourth-order valence-corrected chi connectivity index (χ4v) is 7.16. The zero-order valence-corrected chi connectivity index (χ0v) is 24.8. The highest BCUT2D eigenvalue weighted by Gasteiger charge is 2.59. The smallest absolute Gasteiger partial charge is 0.255 e. The van der Waals surface area contributed by atoms with Crippen LogP contribution in [0.25, 0.3) is 0 Å². The van der Waals surface area contributed by atoms with Crippen LogP contribution < -0.4 is 10.5 Å². The van der Waals surface area contributed by atoms with Gasteiger partial charge in [0.1, 0.15) is 28.6 Å². The van der Waals surface area contributed by atoms with E-state index in [4.69, 9.17) is 10.5 Å². The number of primary amides is 1. The molecule has 2 aromatic carbocycles. The monoisotopic (exact) mass is 590 g/mol. The Morgan fingerprint density at radius 3 is 2.42 bits per heavy atom. The molecule has 3 aliphatic carbocycles. The molecule has 228 valence electrons. The van der Waals surface area contributed by atoms with E-state index in [1.54, 1.807) is 0 Å². The van der Waals surface area contributed by atoms with Crippen LogP contribution in [0.5, 0.6) is 11.5 Å². The van der Waals surface area contributed by atoms with Crippen LogP contribution in [-0.2, 0) is 28.0 Å². The normalized spacial score (nSPS) is 23.7. The highest BCUT2D eigenvalue weighted by molar-refractivity contribution is 6.24. The molecule has 5 rings (SSSR count). The van der Waals surface area contributed by atoms with Gasteiger partial charge in [-0.1, -0.05) is 51.1 Å². The molecule has 0 aromatic heterocycles. The number of nitrogens with zero attached hydrogens (tertiary/aromatic N) is 1. The number of benzene rings is 2. The number of phenolic OH excluding ortho intramolecular Hbond substituents is 1. The fourth-order valence-electron chi connectivity index (χ4n) is 7.16. The molecule has 0 heterocycles. The van der Waals surface area contributed by atoms with Crippen LogP contribution in [0, 0.1) is 11.8 Å². The molecule has 2 aromatic rings. The summed E-state index contributed by atoms with van der Waals surface area (Å²) in [6.45, 7) is 8.27. The number of ether oxygens (including phenoxy) is 1. The molecule has 0 bridgehead atoms. The van der Waals surface area contributed by atoms with Crippen molar-refractivity contribution >= 4 is 17.5 Å². The molecule has 1 unspecified atom stereocenters. The number of fused-ring (bicyclic) bond motifs is 3. The number of Topliss-reactive ketones (excluding diaryl/α,β-unsaturated/α-hetero) is 2. The molecule has 0 radical (unpaired) electrons. The Bertz CT molecular complexity index is 1570. The number of hydrogen-bond acceptors (Lipinski definition) is 9. The van der Waals surface area contributed by atoms with Crippen molar-refractivity contribution in [3.05, 3.63) is 81.3 Å². The van der Waals surface area contributed by atoms with Crippen molar-refractivity contribution in [3.8, 4) is 11.5 Å². The lowest BCUT2D eigenvalue weighted by atomic mass is 9.60. The Morgan fingerprint density at radius 1 is 1.14 bits per heavy atom. The number of phenols is 1. The second kappa shape index (κ2) is 10.8. The number of amides is 1. The summed E-state index contributed by atoms with van der Waals surface area (Å²) < 4.78 is 5.84. The summed E-state index contributed by atoms with van der Waals surface area (Å²) in [6.07, 6.45) is -0.0372. The van der Waals surface area contributed by atoms with E-state index in [0.717, 1.165) is 13.1 Å². The number of carbonyl (C=O) groups excluding carboxylic acids is 3. The van der Waals surface area contributed by atoms with Crippen LogP contribution in [0.3, 0.4) is 0 Å². The molecule has 0 aliphatic heterocycles. The third-order valence-electron chi connectivity index (χ3n) is 9.31. The molecule has 1 amide bonds. The largest absolute Gasteiger partial charge is 0.511 e. The lowest BCUT2D eigenvalue weighted by Gasteiger charge is -2.45. The molecule has 10 heteroatoms. The average Bonchev–Trinajstić information content (AvgIpc) is 2.94. The molecule has 3 atom stereocenters. The van der Waals surface area contributed by atoms with Gasteiger partial charge in [-0.2, -0.15) is 0 Å². The molecule has 0 saturated carbocycles. The number of aliphatic hydroxyl groups excluding tert-OH is 2. The number of aromatic hydroxyl groups is 1. The quantitative estimate of drug-likeness (QED) is 0.289. The maximum absolute atomic E-state index is 13.9. The first-order valence-electron chi connectivity index (χ1n) is 14.4. The van der Waals surface area contributed by atoms with Gasteiger partial charge in [0.15, 0.2) is 11.4 Å². The molecule has 10 nitrogen and oxygen atoms in total. The van der Waals surface area contributed by atoms with Gasteiger partial charge >= 0.3 is 0 Å². The Morgan fingerprint density at radius 2 is 1.81 bits per heavy atom. The third kappa shape index (κ3) is 4.78. The van der Waals surface area contributed by atoms with Gasteiger partial charge in [0.25, 0.3) is 5.91 Å². The van der Waals surface area contributed by atoms with E-state index >= 15 is 0 Å². The molecule has 43 heavy (non-hydrogen) atoms. The maximum atomic E-state index is 13.9. The standard InChI is InChI=1S/C33H38N2O8/c1-5-35(16-32(2,3)19-9-7-6-8-10-19)15-18-13-22(36)25-21(28(18)43-4)12-17-11-20-14-23(37)26(31(34)41)30(40)33(20,42)29(39)24(17)27(25)38/h6-10,13,17,20,36-37,39,42H,5,11-12,14-16H2,1-4H3,(H2,34,41)/t17?,20-,33-/m0/s1. The van der Waals surface area contributed by atoms with E-state index in [0.29, 0.717) is 23.4 Å². The minimum Gasteiger partial charge on any atom is -0.511 e. The second-order valence-corrected chi connectivity index (χ2v) is 12.4. The first kappa shape index (κ1) is 30.3. The summed E-state index contributed by atoms with van der Waals surface area (Å²) in [7, 11) is 1.50. The zero-order valence-electron chi connectivity index (χ0n) is 24.8. The first-order chi connectivity index (χ1) is 20.3.